The van der Waals surface area contributed by atoms with Gasteiger partial charge in [-0.3, -0.25) is 4.99 Å². The highest BCUT2D eigenvalue weighted by Crippen LogP contribution is 2.33. The second-order valence-corrected chi connectivity index (χ2v) is 8.63. The minimum absolute atomic E-state index is 0. The van der Waals surface area contributed by atoms with Crippen LogP contribution in [-0.2, 0) is 11.3 Å². The Labute approximate surface area is 209 Å². The molecule has 3 heterocycles. The first-order valence-electron chi connectivity index (χ1n) is 11.6. The first-order chi connectivity index (χ1) is 15.2. The van der Waals surface area contributed by atoms with Crippen LogP contribution in [0.3, 0.4) is 0 Å². The van der Waals surface area contributed by atoms with E-state index in [-0.39, 0.29) is 30.1 Å². The number of nitrogens with one attached hydrogen (secondary N) is 2. The molecule has 2 N–H and O–H groups in total. The van der Waals surface area contributed by atoms with Crippen LogP contribution in [0.2, 0.25) is 0 Å². The zero-order valence-electron chi connectivity index (χ0n) is 19.2. The van der Waals surface area contributed by atoms with Gasteiger partial charge in [-0.15, -0.1) is 24.0 Å². The molecular formula is C25H36IN5O. The summed E-state index contributed by atoms with van der Waals surface area (Å²) in [5, 5.41) is 6.93. The van der Waals surface area contributed by atoms with Gasteiger partial charge >= 0.3 is 0 Å². The third-order valence-corrected chi connectivity index (χ3v) is 6.31. The van der Waals surface area contributed by atoms with Gasteiger partial charge in [-0.2, -0.15) is 0 Å². The molecule has 7 heteroatoms. The van der Waals surface area contributed by atoms with Crippen molar-refractivity contribution in [1.82, 2.24) is 15.6 Å². The van der Waals surface area contributed by atoms with Crippen molar-refractivity contribution >= 4 is 35.8 Å². The average Bonchev–Trinajstić information content (AvgIpc) is 3.35. The van der Waals surface area contributed by atoms with Gasteiger partial charge < -0.3 is 20.3 Å². The van der Waals surface area contributed by atoms with Crippen LogP contribution in [0.15, 0.2) is 47.6 Å². The summed E-state index contributed by atoms with van der Waals surface area (Å²) in [7, 11) is 1.82. The highest BCUT2D eigenvalue weighted by Gasteiger charge is 2.27. The van der Waals surface area contributed by atoms with Gasteiger partial charge in [-0.1, -0.05) is 35.9 Å². The molecule has 1 aromatic carbocycles. The molecule has 32 heavy (non-hydrogen) atoms. The summed E-state index contributed by atoms with van der Waals surface area (Å²) in [6.07, 6.45) is 6.91. The maximum Gasteiger partial charge on any atom is 0.191 e. The maximum absolute atomic E-state index is 6.15. The van der Waals surface area contributed by atoms with E-state index in [0.29, 0.717) is 12.5 Å². The lowest BCUT2D eigenvalue weighted by Crippen LogP contribution is -2.41. The number of anilines is 1. The lowest BCUT2D eigenvalue weighted by atomic mass is 9.89. The highest BCUT2D eigenvalue weighted by molar-refractivity contribution is 14.0. The number of halogens is 1. The lowest BCUT2D eigenvalue weighted by Gasteiger charge is -2.32. The third kappa shape index (κ3) is 6.57. The van der Waals surface area contributed by atoms with Gasteiger partial charge in [-0.05, 0) is 49.8 Å². The largest absolute Gasteiger partial charge is 0.373 e. The van der Waals surface area contributed by atoms with Crippen molar-refractivity contribution in [3.8, 4) is 0 Å². The van der Waals surface area contributed by atoms with Crippen molar-refractivity contribution in [2.45, 2.75) is 45.3 Å². The molecule has 2 aliphatic rings. The number of aliphatic imine (C=N–C) groups is 1. The topological polar surface area (TPSA) is 61.8 Å². The second kappa shape index (κ2) is 12.4. The van der Waals surface area contributed by atoms with Crippen molar-refractivity contribution in [3.05, 3.63) is 59.3 Å². The first-order valence-corrected chi connectivity index (χ1v) is 11.6. The fraction of sp³-hybridized carbons (Fsp3) is 0.520. The summed E-state index contributed by atoms with van der Waals surface area (Å²) in [5.74, 6) is 2.33. The molecule has 1 aromatic heterocycles. The summed E-state index contributed by atoms with van der Waals surface area (Å²) in [6, 6.07) is 13.0. The summed E-state index contributed by atoms with van der Waals surface area (Å²) < 4.78 is 6.15. The zero-order chi connectivity index (χ0) is 21.5. The van der Waals surface area contributed by atoms with Gasteiger partial charge in [0, 0.05) is 51.9 Å². The van der Waals surface area contributed by atoms with E-state index < -0.39 is 0 Å². The Hall–Kier alpha value is -1.87. The number of hydrogen-bond acceptors (Lipinski definition) is 4. The zero-order valence-corrected chi connectivity index (χ0v) is 21.5. The van der Waals surface area contributed by atoms with E-state index in [1.54, 1.807) is 0 Å². The number of aryl methyl sites for hydroxylation is 1. The van der Waals surface area contributed by atoms with E-state index in [0.717, 1.165) is 56.4 Å². The van der Waals surface area contributed by atoms with E-state index in [1.807, 2.05) is 13.2 Å². The average molecular weight is 550 g/mol. The molecule has 4 rings (SSSR count). The molecular weight excluding hydrogens is 513 g/mol. The molecule has 0 spiro atoms. The van der Waals surface area contributed by atoms with Crippen LogP contribution >= 0.6 is 24.0 Å². The van der Waals surface area contributed by atoms with Crippen LogP contribution < -0.4 is 15.5 Å². The van der Waals surface area contributed by atoms with Crippen molar-refractivity contribution < 1.29 is 4.74 Å². The number of aromatic nitrogens is 1. The Morgan fingerprint density at radius 2 is 1.88 bits per heavy atom. The fourth-order valence-corrected chi connectivity index (χ4v) is 4.47. The van der Waals surface area contributed by atoms with Crippen LogP contribution in [0.1, 0.15) is 48.5 Å². The lowest BCUT2D eigenvalue weighted by molar-refractivity contribution is -0.0265. The van der Waals surface area contributed by atoms with Gasteiger partial charge in [0.05, 0.1) is 6.10 Å². The smallest absolute Gasteiger partial charge is 0.191 e. The van der Waals surface area contributed by atoms with E-state index >= 15 is 0 Å². The molecule has 2 fully saturated rings. The molecule has 2 saturated heterocycles. The predicted molar refractivity (Wildman–Crippen MR) is 142 cm³/mol. The van der Waals surface area contributed by atoms with Gasteiger partial charge in [-0.25, -0.2) is 4.98 Å². The monoisotopic (exact) mass is 549 g/mol. The minimum Gasteiger partial charge on any atom is -0.373 e. The molecule has 2 aromatic rings. The summed E-state index contributed by atoms with van der Waals surface area (Å²) in [4.78, 5) is 11.4. The Morgan fingerprint density at radius 1 is 1.09 bits per heavy atom. The van der Waals surface area contributed by atoms with E-state index in [9.17, 15) is 0 Å². The van der Waals surface area contributed by atoms with E-state index in [2.05, 4.69) is 68.8 Å². The Morgan fingerprint density at radius 3 is 2.56 bits per heavy atom. The summed E-state index contributed by atoms with van der Waals surface area (Å²) in [6.45, 7) is 6.74. The van der Waals surface area contributed by atoms with Gasteiger partial charge in [0.1, 0.15) is 5.82 Å². The standard InChI is InChI=1S/C25H35N5O.HI/c1-19-7-10-21(11-8-19)24-22(6-5-15-31-24)18-29-25(26-2)28-17-20-9-12-23(27-16-20)30-13-3-4-14-30;/h7-12,16,22,24H,3-6,13-15,17-18H2,1-2H3,(H2,26,28,29);1H. The Kier molecular flexibility index (Phi) is 9.59. The number of rotatable bonds is 6. The molecule has 0 amide bonds. The molecule has 0 radical (unpaired) electrons. The summed E-state index contributed by atoms with van der Waals surface area (Å²) >= 11 is 0. The van der Waals surface area contributed by atoms with Gasteiger partial charge in [0.25, 0.3) is 0 Å². The van der Waals surface area contributed by atoms with E-state index in [4.69, 9.17) is 4.74 Å². The van der Waals surface area contributed by atoms with Crippen LogP contribution in [0, 0.1) is 12.8 Å². The highest BCUT2D eigenvalue weighted by atomic mass is 127. The first kappa shape index (κ1) is 24.8. The molecule has 174 valence electrons. The third-order valence-electron chi connectivity index (χ3n) is 6.31. The molecule has 2 unspecified atom stereocenters. The quantitative estimate of drug-likeness (QED) is 0.317. The number of nitrogens with zero attached hydrogens (tertiary/aromatic N) is 3. The number of hydrogen-bond donors (Lipinski definition) is 2. The second-order valence-electron chi connectivity index (χ2n) is 8.63. The SMILES string of the molecule is CN=C(NCc1ccc(N2CCCC2)nc1)NCC1CCCOC1c1ccc(C)cc1.I. The molecule has 2 atom stereocenters. The number of guanidine groups is 1. The van der Waals surface area contributed by atoms with Crippen LogP contribution in [0.4, 0.5) is 5.82 Å². The number of ether oxygens (including phenoxy) is 1. The van der Waals surface area contributed by atoms with E-state index in [1.165, 1.54) is 24.0 Å². The van der Waals surface area contributed by atoms with Crippen LogP contribution in [0.5, 0.6) is 0 Å². The molecule has 6 nitrogen and oxygen atoms in total. The van der Waals surface area contributed by atoms with Gasteiger partial charge in [0.2, 0.25) is 0 Å². The van der Waals surface area contributed by atoms with Crippen LogP contribution in [0.25, 0.3) is 0 Å². The Balaban J connectivity index is 0.00000289. The number of pyridine rings is 1. The maximum atomic E-state index is 6.15. The Bertz CT molecular complexity index is 850. The van der Waals surface area contributed by atoms with Crippen molar-refractivity contribution in [3.63, 3.8) is 0 Å². The predicted octanol–water partition coefficient (Wildman–Crippen LogP) is 4.44. The minimum atomic E-state index is 0. The van der Waals surface area contributed by atoms with Crippen molar-refractivity contribution in [2.24, 2.45) is 10.9 Å². The van der Waals surface area contributed by atoms with Crippen molar-refractivity contribution in [2.75, 3.05) is 38.2 Å². The summed E-state index contributed by atoms with van der Waals surface area (Å²) in [5.41, 5.74) is 3.70. The van der Waals surface area contributed by atoms with Crippen LogP contribution in [-0.4, -0.2) is 44.2 Å². The van der Waals surface area contributed by atoms with Crippen molar-refractivity contribution in [1.29, 1.82) is 0 Å². The molecule has 0 bridgehead atoms. The fourth-order valence-electron chi connectivity index (χ4n) is 4.47. The van der Waals surface area contributed by atoms with Gasteiger partial charge in [0.15, 0.2) is 5.96 Å². The molecule has 2 aliphatic heterocycles. The molecule has 0 saturated carbocycles. The number of benzene rings is 1. The molecule has 0 aliphatic carbocycles. The normalized spacial score (nSPS) is 21.2.